The molecule has 1 unspecified atom stereocenters. The van der Waals surface area contributed by atoms with Crippen molar-refractivity contribution in [1.82, 2.24) is 20.9 Å². The third kappa shape index (κ3) is 5.77. The standard InChI is InChI=1S/C18H27N5O2/c1-3-16(24)23-12-9-15(13-23)22-18(19-2)21-11-10-20-17(25)14-7-5-4-6-8-14/h4-8,15H,3,9-13H2,1-2H3,(H,20,25)(H2,19,21,22). The molecular weight excluding hydrogens is 318 g/mol. The van der Waals surface area contributed by atoms with Crippen molar-refractivity contribution in [3.05, 3.63) is 35.9 Å². The molecule has 2 amide bonds. The molecule has 1 aliphatic rings. The van der Waals surface area contributed by atoms with E-state index < -0.39 is 0 Å². The van der Waals surface area contributed by atoms with Crippen LogP contribution in [0.5, 0.6) is 0 Å². The number of rotatable bonds is 6. The van der Waals surface area contributed by atoms with Gasteiger partial charge in [0.2, 0.25) is 5.91 Å². The number of amides is 2. The van der Waals surface area contributed by atoms with Gasteiger partial charge in [0.1, 0.15) is 0 Å². The van der Waals surface area contributed by atoms with Crippen molar-refractivity contribution in [2.75, 3.05) is 33.2 Å². The maximum atomic E-state index is 11.9. The molecule has 1 fully saturated rings. The number of nitrogens with one attached hydrogen (secondary N) is 3. The SMILES string of the molecule is CCC(=O)N1CCC(NC(=NC)NCCNC(=O)c2ccccc2)C1. The van der Waals surface area contributed by atoms with Crippen LogP contribution in [0.3, 0.4) is 0 Å². The Balaban J connectivity index is 1.67. The molecule has 136 valence electrons. The van der Waals surface area contributed by atoms with Crippen molar-refractivity contribution < 1.29 is 9.59 Å². The van der Waals surface area contributed by atoms with Crippen LogP contribution < -0.4 is 16.0 Å². The van der Waals surface area contributed by atoms with Crippen LogP contribution in [-0.2, 0) is 4.79 Å². The molecule has 0 radical (unpaired) electrons. The number of hydrogen-bond acceptors (Lipinski definition) is 3. The van der Waals surface area contributed by atoms with E-state index in [1.807, 2.05) is 30.0 Å². The molecule has 3 N–H and O–H groups in total. The van der Waals surface area contributed by atoms with Gasteiger partial charge in [-0.05, 0) is 18.6 Å². The Labute approximate surface area is 148 Å². The number of guanidine groups is 1. The van der Waals surface area contributed by atoms with Gasteiger partial charge in [0.25, 0.3) is 5.91 Å². The van der Waals surface area contributed by atoms with Gasteiger partial charge in [0, 0.05) is 51.3 Å². The van der Waals surface area contributed by atoms with Gasteiger partial charge in [-0.2, -0.15) is 0 Å². The molecule has 0 spiro atoms. The zero-order valence-electron chi connectivity index (χ0n) is 14.9. The minimum absolute atomic E-state index is 0.0881. The molecular formula is C18H27N5O2. The summed E-state index contributed by atoms with van der Waals surface area (Å²) in [6, 6.07) is 9.34. The highest BCUT2D eigenvalue weighted by Crippen LogP contribution is 2.10. The Morgan fingerprint density at radius 3 is 2.60 bits per heavy atom. The Morgan fingerprint density at radius 2 is 1.92 bits per heavy atom. The lowest BCUT2D eigenvalue weighted by Crippen LogP contribution is -2.46. The molecule has 0 aromatic heterocycles. The van der Waals surface area contributed by atoms with Gasteiger partial charge in [-0.25, -0.2) is 0 Å². The second-order valence-electron chi connectivity index (χ2n) is 5.94. The quantitative estimate of drug-likeness (QED) is 0.400. The summed E-state index contributed by atoms with van der Waals surface area (Å²) >= 11 is 0. The van der Waals surface area contributed by atoms with E-state index in [1.54, 1.807) is 19.2 Å². The van der Waals surface area contributed by atoms with Crippen molar-refractivity contribution in [2.45, 2.75) is 25.8 Å². The minimum atomic E-state index is -0.0881. The zero-order chi connectivity index (χ0) is 18.1. The molecule has 1 atom stereocenters. The molecule has 0 saturated carbocycles. The second-order valence-corrected chi connectivity index (χ2v) is 5.94. The Morgan fingerprint density at radius 1 is 1.20 bits per heavy atom. The lowest BCUT2D eigenvalue weighted by atomic mass is 10.2. The fraction of sp³-hybridized carbons (Fsp3) is 0.500. The lowest BCUT2D eigenvalue weighted by Gasteiger charge is -2.18. The minimum Gasteiger partial charge on any atom is -0.355 e. The molecule has 0 bridgehead atoms. The number of nitrogens with zero attached hydrogens (tertiary/aromatic N) is 2. The predicted molar refractivity (Wildman–Crippen MR) is 98.5 cm³/mol. The van der Waals surface area contributed by atoms with E-state index in [0.717, 1.165) is 13.0 Å². The van der Waals surface area contributed by atoms with Gasteiger partial charge in [0.05, 0.1) is 0 Å². The summed E-state index contributed by atoms with van der Waals surface area (Å²) in [6.07, 6.45) is 1.46. The molecule has 1 heterocycles. The predicted octanol–water partition coefficient (Wildman–Crippen LogP) is 0.592. The van der Waals surface area contributed by atoms with Gasteiger partial charge in [0.15, 0.2) is 5.96 Å². The first-order valence-electron chi connectivity index (χ1n) is 8.72. The molecule has 1 aliphatic heterocycles. The third-order valence-corrected chi connectivity index (χ3v) is 4.15. The summed E-state index contributed by atoms with van der Waals surface area (Å²) in [7, 11) is 1.71. The van der Waals surface area contributed by atoms with Gasteiger partial charge in [-0.3, -0.25) is 14.6 Å². The van der Waals surface area contributed by atoms with E-state index in [-0.39, 0.29) is 17.9 Å². The van der Waals surface area contributed by atoms with Crippen LogP contribution in [0.25, 0.3) is 0 Å². The van der Waals surface area contributed by atoms with Crippen LogP contribution in [0, 0.1) is 0 Å². The van der Waals surface area contributed by atoms with E-state index in [9.17, 15) is 9.59 Å². The van der Waals surface area contributed by atoms with Gasteiger partial charge in [-0.15, -0.1) is 0 Å². The number of carbonyl (C=O) groups is 2. The van der Waals surface area contributed by atoms with Gasteiger partial charge < -0.3 is 20.9 Å². The van der Waals surface area contributed by atoms with Crippen LogP contribution in [-0.4, -0.2) is 61.9 Å². The third-order valence-electron chi connectivity index (χ3n) is 4.15. The van der Waals surface area contributed by atoms with Crippen LogP contribution in [0.4, 0.5) is 0 Å². The second kappa shape index (κ2) is 9.66. The first-order chi connectivity index (χ1) is 12.1. The van der Waals surface area contributed by atoms with Crippen molar-refractivity contribution in [3.8, 4) is 0 Å². The van der Waals surface area contributed by atoms with E-state index in [0.29, 0.717) is 37.6 Å². The van der Waals surface area contributed by atoms with Gasteiger partial charge in [-0.1, -0.05) is 25.1 Å². The number of benzene rings is 1. The maximum absolute atomic E-state index is 11.9. The number of carbonyl (C=O) groups excluding carboxylic acids is 2. The van der Waals surface area contributed by atoms with Crippen molar-refractivity contribution >= 4 is 17.8 Å². The molecule has 1 aromatic carbocycles. The molecule has 7 nitrogen and oxygen atoms in total. The van der Waals surface area contributed by atoms with Crippen molar-refractivity contribution in [2.24, 2.45) is 4.99 Å². The average molecular weight is 345 g/mol. The Kier molecular flexibility index (Phi) is 7.25. The summed E-state index contributed by atoms with van der Waals surface area (Å²) in [6.45, 7) is 4.45. The molecule has 0 aliphatic carbocycles. The maximum Gasteiger partial charge on any atom is 0.251 e. The highest BCUT2D eigenvalue weighted by molar-refractivity contribution is 5.94. The van der Waals surface area contributed by atoms with Gasteiger partial charge >= 0.3 is 0 Å². The van der Waals surface area contributed by atoms with Crippen LogP contribution >= 0.6 is 0 Å². The van der Waals surface area contributed by atoms with E-state index >= 15 is 0 Å². The van der Waals surface area contributed by atoms with E-state index in [2.05, 4.69) is 20.9 Å². The van der Waals surface area contributed by atoms with Crippen molar-refractivity contribution in [3.63, 3.8) is 0 Å². The molecule has 1 aromatic rings. The average Bonchev–Trinajstić information content (AvgIpc) is 3.12. The van der Waals surface area contributed by atoms with E-state index in [4.69, 9.17) is 0 Å². The monoisotopic (exact) mass is 345 g/mol. The zero-order valence-corrected chi connectivity index (χ0v) is 14.9. The number of likely N-dealkylation sites (tertiary alicyclic amines) is 1. The molecule has 1 saturated heterocycles. The first-order valence-corrected chi connectivity index (χ1v) is 8.72. The molecule has 2 rings (SSSR count). The highest BCUT2D eigenvalue weighted by atomic mass is 16.2. The summed E-state index contributed by atoms with van der Waals surface area (Å²) < 4.78 is 0. The largest absolute Gasteiger partial charge is 0.355 e. The first kappa shape index (κ1) is 18.8. The normalized spacial score (nSPS) is 17.3. The fourth-order valence-corrected chi connectivity index (χ4v) is 2.76. The summed E-state index contributed by atoms with van der Waals surface area (Å²) in [5.74, 6) is 0.787. The van der Waals surface area contributed by atoms with E-state index in [1.165, 1.54) is 0 Å². The Hall–Kier alpha value is -2.57. The fourth-order valence-electron chi connectivity index (χ4n) is 2.76. The smallest absolute Gasteiger partial charge is 0.251 e. The van der Waals surface area contributed by atoms with Crippen LogP contribution in [0.1, 0.15) is 30.1 Å². The topological polar surface area (TPSA) is 85.8 Å². The number of hydrogen-bond donors (Lipinski definition) is 3. The van der Waals surface area contributed by atoms with Crippen LogP contribution in [0.2, 0.25) is 0 Å². The Bertz CT molecular complexity index is 603. The highest BCUT2D eigenvalue weighted by Gasteiger charge is 2.25. The van der Waals surface area contributed by atoms with Crippen molar-refractivity contribution in [1.29, 1.82) is 0 Å². The summed E-state index contributed by atoms with van der Waals surface area (Å²) in [5.41, 5.74) is 0.650. The lowest BCUT2D eigenvalue weighted by molar-refractivity contribution is -0.129. The summed E-state index contributed by atoms with van der Waals surface area (Å²) in [4.78, 5) is 29.7. The molecule has 25 heavy (non-hydrogen) atoms. The van der Waals surface area contributed by atoms with Crippen LogP contribution in [0.15, 0.2) is 35.3 Å². The molecule has 7 heteroatoms. The summed E-state index contributed by atoms with van der Waals surface area (Å²) in [5, 5.41) is 9.37. The number of aliphatic imine (C=N–C) groups is 1.